The van der Waals surface area contributed by atoms with Gasteiger partial charge in [-0.05, 0) is 19.1 Å². The largest absolute Gasteiger partial charge is 0.263 e. The molecule has 0 bridgehead atoms. The van der Waals surface area contributed by atoms with Gasteiger partial charge in [-0.15, -0.1) is 0 Å². The van der Waals surface area contributed by atoms with E-state index in [4.69, 9.17) is 0 Å². The number of hydrogen-bond acceptors (Lipinski definition) is 1. The monoisotopic (exact) mass is 243 g/mol. The van der Waals surface area contributed by atoms with Crippen LogP contribution in [0.2, 0.25) is 0 Å². The Labute approximate surface area is 112 Å². The van der Waals surface area contributed by atoms with Crippen molar-refractivity contribution in [3.63, 3.8) is 0 Å². The lowest BCUT2D eigenvalue weighted by Gasteiger charge is -1.98. The minimum absolute atomic E-state index is 0.971. The van der Waals surface area contributed by atoms with E-state index in [9.17, 15) is 0 Å². The lowest BCUT2D eigenvalue weighted by Crippen LogP contribution is -1.82. The van der Waals surface area contributed by atoms with E-state index in [1.807, 2.05) is 36.7 Å². The summed E-state index contributed by atoms with van der Waals surface area (Å²) >= 11 is 0. The maximum absolute atomic E-state index is 4.24. The third-order valence-corrected chi connectivity index (χ3v) is 3.06. The third kappa shape index (κ3) is 2.48. The predicted molar refractivity (Wildman–Crippen MR) is 78.9 cm³/mol. The van der Waals surface area contributed by atoms with Gasteiger partial charge in [0, 0.05) is 28.7 Å². The fraction of sp³-hybridized carbons (Fsp3) is 0.0556. The van der Waals surface area contributed by atoms with Crippen molar-refractivity contribution in [2.75, 3.05) is 0 Å². The average Bonchev–Trinajstić information content (AvgIpc) is 2.47. The van der Waals surface area contributed by atoms with E-state index in [1.54, 1.807) is 0 Å². The van der Waals surface area contributed by atoms with Crippen molar-refractivity contribution in [1.82, 2.24) is 4.98 Å². The minimum atomic E-state index is 0.971. The molecular weight excluding hydrogens is 230 g/mol. The summed E-state index contributed by atoms with van der Waals surface area (Å²) in [5.74, 6) is 6.40. The van der Waals surface area contributed by atoms with Crippen LogP contribution in [-0.4, -0.2) is 4.98 Å². The Morgan fingerprint density at radius 2 is 1.63 bits per heavy atom. The molecule has 3 aromatic rings. The topological polar surface area (TPSA) is 12.9 Å². The van der Waals surface area contributed by atoms with Crippen molar-refractivity contribution in [2.24, 2.45) is 0 Å². The lowest BCUT2D eigenvalue weighted by molar-refractivity contribution is 1.35. The van der Waals surface area contributed by atoms with Crippen LogP contribution < -0.4 is 0 Å². The average molecular weight is 243 g/mol. The van der Waals surface area contributed by atoms with Crippen LogP contribution in [0.1, 0.15) is 16.7 Å². The van der Waals surface area contributed by atoms with E-state index >= 15 is 0 Å². The smallest absolute Gasteiger partial charge is 0.0510 e. The molecule has 0 spiro atoms. The molecule has 0 fully saturated rings. The van der Waals surface area contributed by atoms with Gasteiger partial charge in [-0.3, -0.25) is 4.98 Å². The van der Waals surface area contributed by atoms with Crippen LogP contribution >= 0.6 is 0 Å². The fourth-order valence-electron chi connectivity index (χ4n) is 1.99. The molecule has 1 aromatic heterocycles. The van der Waals surface area contributed by atoms with Gasteiger partial charge in [0.05, 0.1) is 5.56 Å². The Balaban J connectivity index is 2.05. The van der Waals surface area contributed by atoms with Gasteiger partial charge in [-0.2, -0.15) is 0 Å². The first-order valence-electron chi connectivity index (χ1n) is 6.24. The molecule has 0 N–H and O–H groups in total. The molecule has 0 aliphatic rings. The summed E-state index contributed by atoms with van der Waals surface area (Å²) in [6.45, 7) is 2.08. The predicted octanol–water partition coefficient (Wildman–Crippen LogP) is 3.94. The van der Waals surface area contributed by atoms with Gasteiger partial charge >= 0.3 is 0 Å². The van der Waals surface area contributed by atoms with E-state index in [2.05, 4.69) is 48.0 Å². The van der Waals surface area contributed by atoms with Crippen molar-refractivity contribution in [2.45, 2.75) is 6.92 Å². The maximum atomic E-state index is 4.24. The second-order valence-corrected chi connectivity index (χ2v) is 4.52. The molecule has 0 saturated heterocycles. The van der Waals surface area contributed by atoms with Gasteiger partial charge in [0.2, 0.25) is 0 Å². The number of rotatable bonds is 0. The summed E-state index contributed by atoms with van der Waals surface area (Å²) in [7, 11) is 0. The standard InChI is InChI=1S/C18H13N/c1-14-6-8-15(9-7-14)10-11-17-13-19-12-16-4-2-3-5-18(16)17/h2-9,12-13H,1H3. The van der Waals surface area contributed by atoms with Crippen molar-refractivity contribution >= 4 is 10.8 Å². The van der Waals surface area contributed by atoms with E-state index < -0.39 is 0 Å². The van der Waals surface area contributed by atoms with Crippen LogP contribution in [0.3, 0.4) is 0 Å². The van der Waals surface area contributed by atoms with Crippen molar-refractivity contribution < 1.29 is 0 Å². The summed E-state index contributed by atoms with van der Waals surface area (Å²) in [5, 5.41) is 2.27. The Kier molecular flexibility index (Phi) is 3.00. The molecule has 1 nitrogen and oxygen atoms in total. The highest BCUT2D eigenvalue weighted by Crippen LogP contribution is 2.16. The first-order valence-corrected chi connectivity index (χ1v) is 6.24. The van der Waals surface area contributed by atoms with E-state index in [1.165, 1.54) is 5.56 Å². The number of benzene rings is 2. The fourth-order valence-corrected chi connectivity index (χ4v) is 1.99. The molecule has 0 radical (unpaired) electrons. The summed E-state index contributed by atoms with van der Waals surface area (Å²) in [6, 6.07) is 16.4. The number of hydrogen-bond donors (Lipinski definition) is 0. The van der Waals surface area contributed by atoms with Crippen molar-refractivity contribution in [1.29, 1.82) is 0 Å². The number of aromatic nitrogens is 1. The van der Waals surface area contributed by atoms with Crippen LogP contribution in [0, 0.1) is 18.8 Å². The molecule has 19 heavy (non-hydrogen) atoms. The first-order chi connectivity index (χ1) is 9.33. The zero-order chi connectivity index (χ0) is 13.1. The maximum Gasteiger partial charge on any atom is 0.0510 e. The van der Waals surface area contributed by atoms with Gasteiger partial charge in [0.15, 0.2) is 0 Å². The van der Waals surface area contributed by atoms with Gasteiger partial charge in [0.25, 0.3) is 0 Å². The second-order valence-electron chi connectivity index (χ2n) is 4.52. The lowest BCUT2D eigenvalue weighted by atomic mass is 10.1. The molecule has 0 unspecified atom stereocenters. The Hall–Kier alpha value is -2.59. The van der Waals surface area contributed by atoms with Gasteiger partial charge in [0.1, 0.15) is 0 Å². The zero-order valence-corrected chi connectivity index (χ0v) is 10.7. The number of fused-ring (bicyclic) bond motifs is 1. The SMILES string of the molecule is Cc1ccc(C#Cc2cncc3ccccc23)cc1. The number of nitrogens with zero attached hydrogens (tertiary/aromatic N) is 1. The quantitative estimate of drug-likeness (QED) is 0.545. The van der Waals surface area contributed by atoms with Crippen LogP contribution in [-0.2, 0) is 0 Å². The summed E-state index contributed by atoms with van der Waals surface area (Å²) < 4.78 is 0. The summed E-state index contributed by atoms with van der Waals surface area (Å²) in [6.07, 6.45) is 3.69. The highest BCUT2D eigenvalue weighted by Gasteiger charge is 1.97. The molecule has 0 saturated carbocycles. The number of pyridine rings is 1. The van der Waals surface area contributed by atoms with Gasteiger partial charge in [-0.1, -0.05) is 53.8 Å². The Bertz CT molecular complexity index is 769. The highest BCUT2D eigenvalue weighted by atomic mass is 14.6. The third-order valence-electron chi connectivity index (χ3n) is 3.06. The molecule has 1 heterocycles. The number of aryl methyl sites for hydroxylation is 1. The Morgan fingerprint density at radius 3 is 2.47 bits per heavy atom. The molecule has 0 aliphatic carbocycles. The molecular formula is C18H13N. The van der Waals surface area contributed by atoms with E-state index in [0.717, 1.165) is 21.9 Å². The van der Waals surface area contributed by atoms with Crippen LogP contribution in [0.5, 0.6) is 0 Å². The molecule has 2 aromatic carbocycles. The molecule has 0 atom stereocenters. The van der Waals surface area contributed by atoms with Crippen LogP contribution in [0.15, 0.2) is 60.9 Å². The summed E-state index contributed by atoms with van der Waals surface area (Å²) in [4.78, 5) is 4.24. The van der Waals surface area contributed by atoms with Gasteiger partial charge in [-0.25, -0.2) is 0 Å². The second kappa shape index (κ2) is 4.96. The molecule has 0 amide bonds. The molecule has 0 aliphatic heterocycles. The molecule has 90 valence electrons. The van der Waals surface area contributed by atoms with Crippen molar-refractivity contribution in [3.8, 4) is 11.8 Å². The normalized spacial score (nSPS) is 9.95. The van der Waals surface area contributed by atoms with E-state index in [0.29, 0.717) is 0 Å². The van der Waals surface area contributed by atoms with Crippen LogP contribution in [0.4, 0.5) is 0 Å². The summed E-state index contributed by atoms with van der Waals surface area (Å²) in [5.41, 5.74) is 3.24. The first kappa shape index (κ1) is 11.5. The Morgan fingerprint density at radius 1 is 0.842 bits per heavy atom. The van der Waals surface area contributed by atoms with Crippen LogP contribution in [0.25, 0.3) is 10.8 Å². The minimum Gasteiger partial charge on any atom is -0.263 e. The molecule has 3 rings (SSSR count). The van der Waals surface area contributed by atoms with Crippen molar-refractivity contribution in [3.05, 3.63) is 77.6 Å². The zero-order valence-electron chi connectivity index (χ0n) is 10.7. The van der Waals surface area contributed by atoms with E-state index in [-0.39, 0.29) is 0 Å². The molecule has 1 heteroatoms. The highest BCUT2D eigenvalue weighted by molar-refractivity contribution is 5.87. The van der Waals surface area contributed by atoms with Gasteiger partial charge < -0.3 is 0 Å².